The molecule has 0 bridgehead atoms. The largest absolute Gasteiger partial charge is 0.479 e. The molecule has 416 valence electrons. The Hall–Kier alpha value is -2.54. The van der Waals surface area contributed by atoms with Gasteiger partial charge in [-0.1, -0.05) is 238 Å². The average Bonchev–Trinajstić information content (AvgIpc) is 3.35. The number of carboxylic acids is 1. The molecule has 0 aliphatic carbocycles. The minimum atomic E-state index is -1.90. The first kappa shape index (κ1) is 66.5. The van der Waals surface area contributed by atoms with Gasteiger partial charge in [-0.05, 0) is 44.9 Å². The summed E-state index contributed by atoms with van der Waals surface area (Å²) in [6.45, 7) is 5.97. The molecule has 1 aliphatic heterocycles. The van der Waals surface area contributed by atoms with Gasteiger partial charge in [0.25, 0.3) is 0 Å². The number of allylic oxidation sites excluding steroid dienone is 2. The van der Waals surface area contributed by atoms with Crippen LogP contribution in [0.4, 0.5) is 0 Å². The molecule has 71 heavy (non-hydrogen) atoms. The van der Waals surface area contributed by atoms with Crippen molar-refractivity contribution in [3.05, 3.63) is 12.2 Å². The van der Waals surface area contributed by atoms with E-state index in [-0.39, 0.29) is 25.9 Å². The molecule has 0 saturated carbocycles. The topological polar surface area (TPSA) is 175 Å². The van der Waals surface area contributed by atoms with E-state index in [2.05, 4.69) is 32.9 Å². The van der Waals surface area contributed by atoms with E-state index < -0.39 is 67.3 Å². The van der Waals surface area contributed by atoms with Crippen molar-refractivity contribution in [1.82, 2.24) is 0 Å². The van der Waals surface area contributed by atoms with Gasteiger partial charge in [0.15, 0.2) is 24.6 Å². The van der Waals surface area contributed by atoms with Gasteiger partial charge >= 0.3 is 23.9 Å². The minimum absolute atomic E-state index is 0.0656. The summed E-state index contributed by atoms with van der Waals surface area (Å²) in [6, 6.07) is 0. The van der Waals surface area contributed by atoms with Crippen LogP contribution in [-0.4, -0.2) is 89.2 Å². The number of esters is 3. The summed E-state index contributed by atoms with van der Waals surface area (Å²) in [5.74, 6) is -3.10. The van der Waals surface area contributed by atoms with Crippen molar-refractivity contribution in [2.24, 2.45) is 0 Å². The number of carboxylic acid groups (broad SMARTS) is 1. The summed E-state index contributed by atoms with van der Waals surface area (Å²) in [4.78, 5) is 50.9. The van der Waals surface area contributed by atoms with Crippen molar-refractivity contribution in [2.75, 3.05) is 13.2 Å². The zero-order chi connectivity index (χ0) is 51.8. The van der Waals surface area contributed by atoms with Crippen LogP contribution in [0.25, 0.3) is 0 Å². The lowest BCUT2D eigenvalue weighted by atomic mass is 9.98. The average molecular weight is 1010 g/mol. The number of unbranched alkanes of at least 4 members (excludes halogenated alkanes) is 35. The molecule has 6 atom stereocenters. The fraction of sp³-hybridized carbons (Fsp3) is 0.898. The van der Waals surface area contributed by atoms with E-state index in [1.54, 1.807) is 0 Å². The lowest BCUT2D eigenvalue weighted by Crippen LogP contribution is -2.61. The van der Waals surface area contributed by atoms with E-state index in [4.69, 9.17) is 23.7 Å². The molecule has 0 aromatic heterocycles. The van der Waals surface area contributed by atoms with Gasteiger partial charge in [-0.3, -0.25) is 14.4 Å². The molecule has 1 saturated heterocycles. The number of aliphatic hydroxyl groups is 2. The number of rotatable bonds is 51. The van der Waals surface area contributed by atoms with Gasteiger partial charge in [0, 0.05) is 19.3 Å². The number of carbonyl (C=O) groups excluding carboxylic acids is 3. The third-order valence-electron chi connectivity index (χ3n) is 13.8. The zero-order valence-corrected chi connectivity index (χ0v) is 45.7. The Bertz CT molecular complexity index is 1290. The summed E-state index contributed by atoms with van der Waals surface area (Å²) in [5, 5.41) is 31.4. The molecule has 0 aromatic rings. The van der Waals surface area contributed by atoms with Crippen LogP contribution in [0, 0.1) is 0 Å². The second-order valence-electron chi connectivity index (χ2n) is 20.6. The lowest BCUT2D eigenvalue weighted by molar-refractivity contribution is -0.301. The van der Waals surface area contributed by atoms with Crippen LogP contribution in [0.1, 0.15) is 290 Å². The molecule has 12 nitrogen and oxygen atoms in total. The van der Waals surface area contributed by atoms with Crippen LogP contribution in [0.2, 0.25) is 0 Å². The maximum absolute atomic E-state index is 13.1. The van der Waals surface area contributed by atoms with Crippen molar-refractivity contribution in [1.29, 1.82) is 0 Å². The first-order valence-corrected chi connectivity index (χ1v) is 29.7. The zero-order valence-electron chi connectivity index (χ0n) is 45.7. The monoisotopic (exact) mass is 1010 g/mol. The number of ether oxygens (including phenoxy) is 5. The summed E-state index contributed by atoms with van der Waals surface area (Å²) in [6.07, 6.45) is 40.6. The maximum Gasteiger partial charge on any atom is 0.335 e. The van der Waals surface area contributed by atoms with E-state index in [0.717, 1.165) is 83.5 Å². The van der Waals surface area contributed by atoms with Crippen molar-refractivity contribution in [3.8, 4) is 0 Å². The van der Waals surface area contributed by atoms with Crippen LogP contribution < -0.4 is 0 Å². The molecule has 1 aliphatic rings. The first-order valence-electron chi connectivity index (χ1n) is 29.7. The van der Waals surface area contributed by atoms with Crippen molar-refractivity contribution < 1.29 is 58.2 Å². The van der Waals surface area contributed by atoms with Gasteiger partial charge in [-0.2, -0.15) is 0 Å². The smallest absolute Gasteiger partial charge is 0.335 e. The molecule has 1 heterocycles. The fourth-order valence-electron chi connectivity index (χ4n) is 9.25. The predicted molar refractivity (Wildman–Crippen MR) is 285 cm³/mol. The Morgan fingerprint density at radius 1 is 0.451 bits per heavy atom. The molecule has 0 spiro atoms. The highest BCUT2D eigenvalue weighted by Crippen LogP contribution is 2.27. The summed E-state index contributed by atoms with van der Waals surface area (Å²) < 4.78 is 28.4. The Kier molecular flexibility index (Phi) is 45.3. The second kappa shape index (κ2) is 48.4. The van der Waals surface area contributed by atoms with E-state index in [9.17, 15) is 34.5 Å². The van der Waals surface area contributed by atoms with E-state index >= 15 is 0 Å². The molecule has 6 unspecified atom stereocenters. The SMILES string of the molecule is CCCCCC/C=C\CCCCCCCC(=O)OC(COC(=O)CCCCCCCCCCCCCCCCCCCCC)COC1OC(C(=O)O)C(O)C(O)C1OC(=O)CCCCCCCCCCC. The molecule has 0 radical (unpaired) electrons. The molecule has 3 N–H and O–H groups in total. The Labute approximate surface area is 433 Å². The number of hydrogen-bond acceptors (Lipinski definition) is 11. The molecule has 1 fully saturated rings. The van der Waals surface area contributed by atoms with E-state index in [1.807, 2.05) is 0 Å². The highest BCUT2D eigenvalue weighted by atomic mass is 16.7. The number of carbonyl (C=O) groups is 4. The fourth-order valence-corrected chi connectivity index (χ4v) is 9.25. The van der Waals surface area contributed by atoms with Gasteiger partial charge in [0.2, 0.25) is 0 Å². The molecular weight excluding hydrogens is 901 g/mol. The Balaban J connectivity index is 2.63. The quantitative estimate of drug-likeness (QED) is 0.0228. The van der Waals surface area contributed by atoms with Crippen molar-refractivity contribution >= 4 is 23.9 Å². The van der Waals surface area contributed by atoms with Gasteiger partial charge < -0.3 is 39.0 Å². The van der Waals surface area contributed by atoms with Crippen LogP contribution >= 0.6 is 0 Å². The van der Waals surface area contributed by atoms with Crippen LogP contribution in [-0.2, 0) is 42.9 Å². The highest BCUT2D eigenvalue weighted by molar-refractivity contribution is 5.74. The predicted octanol–water partition coefficient (Wildman–Crippen LogP) is 14.9. The Morgan fingerprint density at radius 2 is 0.803 bits per heavy atom. The van der Waals surface area contributed by atoms with Crippen LogP contribution in [0.15, 0.2) is 12.2 Å². The normalized spacial score (nSPS) is 18.5. The van der Waals surface area contributed by atoms with Gasteiger partial charge in [-0.15, -0.1) is 0 Å². The van der Waals surface area contributed by atoms with Gasteiger partial charge in [0.05, 0.1) is 6.61 Å². The highest BCUT2D eigenvalue weighted by Gasteiger charge is 2.50. The molecule has 1 rings (SSSR count). The maximum atomic E-state index is 13.1. The minimum Gasteiger partial charge on any atom is -0.479 e. The number of aliphatic carboxylic acids is 1. The van der Waals surface area contributed by atoms with Crippen molar-refractivity contribution in [3.63, 3.8) is 0 Å². The summed E-state index contributed by atoms with van der Waals surface area (Å²) in [7, 11) is 0. The molecule has 0 amide bonds. The van der Waals surface area contributed by atoms with Gasteiger partial charge in [0.1, 0.15) is 18.8 Å². The Morgan fingerprint density at radius 3 is 1.21 bits per heavy atom. The number of aliphatic hydroxyl groups excluding tert-OH is 2. The third kappa shape index (κ3) is 38.7. The summed E-state index contributed by atoms with van der Waals surface area (Å²) in [5.41, 5.74) is 0. The van der Waals surface area contributed by atoms with E-state index in [1.165, 1.54) is 148 Å². The molecular formula is C59H108O12. The van der Waals surface area contributed by atoms with Crippen LogP contribution in [0.3, 0.4) is 0 Å². The lowest BCUT2D eigenvalue weighted by Gasteiger charge is -2.40. The molecule has 12 heteroatoms. The molecule has 0 aromatic carbocycles. The number of hydrogen-bond donors (Lipinski definition) is 3. The van der Waals surface area contributed by atoms with E-state index in [0.29, 0.717) is 19.3 Å². The second-order valence-corrected chi connectivity index (χ2v) is 20.6. The van der Waals surface area contributed by atoms with Crippen molar-refractivity contribution in [2.45, 2.75) is 327 Å². The standard InChI is InChI=1S/C59H108O12/c1-4-7-10-13-16-19-21-23-24-25-26-27-28-30-31-34-36-39-42-45-51(60)67-48-50(69-52(61)46-43-40-38-35-32-29-22-20-17-14-11-8-5-2)49-68-59-57(55(64)54(63)56(71-59)58(65)66)70-53(62)47-44-41-37-33-18-15-12-9-6-3/h20,22,50,54-57,59,63-64H,4-19,21,23-49H2,1-3H3,(H,65,66)/b22-20-. The first-order chi connectivity index (χ1) is 34.6. The summed E-state index contributed by atoms with van der Waals surface area (Å²) >= 11 is 0. The van der Waals surface area contributed by atoms with Crippen LogP contribution in [0.5, 0.6) is 0 Å². The van der Waals surface area contributed by atoms with Gasteiger partial charge in [-0.25, -0.2) is 4.79 Å². The third-order valence-corrected chi connectivity index (χ3v) is 13.8.